The van der Waals surface area contributed by atoms with Crippen molar-refractivity contribution in [1.82, 2.24) is 14.3 Å². The Morgan fingerprint density at radius 2 is 2.17 bits per heavy atom. The Bertz CT molecular complexity index is 581. The fourth-order valence-corrected chi connectivity index (χ4v) is 2.23. The van der Waals surface area contributed by atoms with Crippen molar-refractivity contribution in [2.45, 2.75) is 13.3 Å². The molecule has 0 aromatic carbocycles. The molecule has 0 saturated heterocycles. The minimum atomic E-state index is -0.319. The number of rotatable bonds is 3. The van der Waals surface area contributed by atoms with Crippen LogP contribution >= 0.6 is 0 Å². The van der Waals surface area contributed by atoms with Crippen LogP contribution in [-0.4, -0.2) is 27.4 Å². The molecule has 0 bridgehead atoms. The number of hydrogen-bond acceptors (Lipinski definition) is 3. The number of esters is 1. The fourth-order valence-electron chi connectivity index (χ4n) is 2.23. The Morgan fingerprint density at radius 3 is 2.67 bits per heavy atom. The van der Waals surface area contributed by atoms with Crippen LogP contribution in [0.25, 0.3) is 11.3 Å². The maximum absolute atomic E-state index is 11.7. The largest absolute Gasteiger partial charge is 0.464 e. The number of aromatic nitrogens is 3. The minimum absolute atomic E-state index is 0.319. The molecule has 0 unspecified atom stereocenters. The Labute approximate surface area is 106 Å². The maximum Gasteiger partial charge on any atom is 0.354 e. The molecule has 0 spiro atoms. The molecule has 0 saturated carbocycles. The van der Waals surface area contributed by atoms with Crippen molar-refractivity contribution in [1.29, 1.82) is 0 Å². The first-order valence-corrected chi connectivity index (χ1v) is 5.85. The van der Waals surface area contributed by atoms with E-state index in [9.17, 15) is 4.79 Å². The van der Waals surface area contributed by atoms with E-state index in [1.807, 2.05) is 30.8 Å². The van der Waals surface area contributed by atoms with E-state index >= 15 is 0 Å². The van der Waals surface area contributed by atoms with Crippen LogP contribution in [0, 0.1) is 0 Å². The summed E-state index contributed by atoms with van der Waals surface area (Å²) in [5.74, 6) is -0.319. The van der Waals surface area contributed by atoms with Gasteiger partial charge in [-0.1, -0.05) is 6.92 Å². The lowest BCUT2D eigenvalue weighted by atomic mass is 10.1. The number of aryl methyl sites for hydroxylation is 1. The SMILES string of the molecule is CCc1c(-c2ccnn2C)cc(C(=O)OC)n1C. The van der Waals surface area contributed by atoms with Gasteiger partial charge in [-0.15, -0.1) is 0 Å². The van der Waals surface area contributed by atoms with E-state index in [1.165, 1.54) is 7.11 Å². The first kappa shape index (κ1) is 12.4. The van der Waals surface area contributed by atoms with Crippen molar-refractivity contribution in [2.75, 3.05) is 7.11 Å². The number of hydrogen-bond donors (Lipinski definition) is 0. The van der Waals surface area contributed by atoms with E-state index in [2.05, 4.69) is 12.0 Å². The van der Waals surface area contributed by atoms with Gasteiger partial charge in [-0.05, 0) is 18.6 Å². The summed E-state index contributed by atoms with van der Waals surface area (Å²) in [5.41, 5.74) is 3.68. The highest BCUT2D eigenvalue weighted by molar-refractivity contribution is 5.90. The zero-order valence-corrected chi connectivity index (χ0v) is 11.1. The third-order valence-electron chi connectivity index (χ3n) is 3.18. The van der Waals surface area contributed by atoms with Crippen LogP contribution in [0.15, 0.2) is 18.3 Å². The van der Waals surface area contributed by atoms with Crippen molar-refractivity contribution >= 4 is 5.97 Å². The average Bonchev–Trinajstić information content (AvgIpc) is 2.91. The number of carbonyl (C=O) groups is 1. The average molecular weight is 247 g/mol. The monoisotopic (exact) mass is 247 g/mol. The Balaban J connectivity index is 2.62. The van der Waals surface area contributed by atoms with E-state index in [1.54, 1.807) is 10.9 Å². The molecule has 2 heterocycles. The van der Waals surface area contributed by atoms with Gasteiger partial charge in [0.1, 0.15) is 5.69 Å². The van der Waals surface area contributed by atoms with E-state index < -0.39 is 0 Å². The van der Waals surface area contributed by atoms with Gasteiger partial charge in [-0.3, -0.25) is 4.68 Å². The number of carbonyl (C=O) groups excluding carboxylic acids is 1. The molecule has 18 heavy (non-hydrogen) atoms. The van der Waals surface area contributed by atoms with Gasteiger partial charge in [0, 0.05) is 31.5 Å². The second-order valence-electron chi connectivity index (χ2n) is 4.13. The van der Waals surface area contributed by atoms with Crippen molar-refractivity contribution < 1.29 is 9.53 Å². The van der Waals surface area contributed by atoms with Crippen molar-refractivity contribution in [3.8, 4) is 11.3 Å². The predicted molar refractivity (Wildman–Crippen MR) is 68.3 cm³/mol. The van der Waals surface area contributed by atoms with Crippen LogP contribution in [0.3, 0.4) is 0 Å². The van der Waals surface area contributed by atoms with Crippen LogP contribution in [0.4, 0.5) is 0 Å². The zero-order chi connectivity index (χ0) is 13.3. The van der Waals surface area contributed by atoms with Gasteiger partial charge in [-0.25, -0.2) is 4.79 Å². The lowest BCUT2D eigenvalue weighted by Gasteiger charge is -2.06. The highest BCUT2D eigenvalue weighted by Gasteiger charge is 2.19. The van der Waals surface area contributed by atoms with Gasteiger partial charge in [0.25, 0.3) is 0 Å². The topological polar surface area (TPSA) is 49.1 Å². The molecule has 0 atom stereocenters. The smallest absolute Gasteiger partial charge is 0.354 e. The molecule has 5 heteroatoms. The molecule has 2 aromatic rings. The second kappa shape index (κ2) is 4.68. The summed E-state index contributed by atoms with van der Waals surface area (Å²) in [6.07, 6.45) is 2.59. The van der Waals surface area contributed by atoms with Crippen LogP contribution in [-0.2, 0) is 25.3 Å². The summed E-state index contributed by atoms with van der Waals surface area (Å²) < 4.78 is 8.48. The summed E-state index contributed by atoms with van der Waals surface area (Å²) in [6.45, 7) is 2.07. The van der Waals surface area contributed by atoms with Crippen LogP contribution in [0.2, 0.25) is 0 Å². The molecule has 0 N–H and O–H groups in total. The van der Waals surface area contributed by atoms with Crippen molar-refractivity contribution in [3.05, 3.63) is 29.7 Å². The first-order chi connectivity index (χ1) is 8.60. The fraction of sp³-hybridized carbons (Fsp3) is 0.385. The molecule has 0 amide bonds. The summed E-state index contributed by atoms with van der Waals surface area (Å²) in [5, 5.41) is 4.16. The Morgan fingerprint density at radius 1 is 1.44 bits per heavy atom. The van der Waals surface area contributed by atoms with Gasteiger partial charge in [-0.2, -0.15) is 5.10 Å². The van der Waals surface area contributed by atoms with E-state index in [-0.39, 0.29) is 5.97 Å². The van der Waals surface area contributed by atoms with Gasteiger partial charge >= 0.3 is 5.97 Å². The molecule has 0 fully saturated rings. The molecule has 0 aliphatic carbocycles. The molecular weight excluding hydrogens is 230 g/mol. The lowest BCUT2D eigenvalue weighted by molar-refractivity contribution is 0.0589. The summed E-state index contributed by atoms with van der Waals surface area (Å²) in [7, 11) is 5.16. The summed E-state index contributed by atoms with van der Waals surface area (Å²) in [6, 6.07) is 3.80. The highest BCUT2D eigenvalue weighted by atomic mass is 16.5. The van der Waals surface area contributed by atoms with E-state index in [0.29, 0.717) is 5.69 Å². The third kappa shape index (κ3) is 1.81. The molecule has 2 aromatic heterocycles. The van der Waals surface area contributed by atoms with E-state index in [4.69, 9.17) is 4.74 Å². The van der Waals surface area contributed by atoms with Crippen LogP contribution in [0.5, 0.6) is 0 Å². The Hall–Kier alpha value is -2.04. The molecule has 0 aliphatic rings. The van der Waals surface area contributed by atoms with Gasteiger partial charge in [0.2, 0.25) is 0 Å². The molecule has 96 valence electrons. The number of nitrogens with zero attached hydrogens (tertiary/aromatic N) is 3. The second-order valence-corrected chi connectivity index (χ2v) is 4.13. The highest BCUT2D eigenvalue weighted by Crippen LogP contribution is 2.27. The lowest BCUT2D eigenvalue weighted by Crippen LogP contribution is -2.09. The van der Waals surface area contributed by atoms with Crippen LogP contribution < -0.4 is 0 Å². The standard InChI is InChI=1S/C13H17N3O2/c1-5-10-9(11-6-7-14-16(11)3)8-12(15(10)2)13(17)18-4/h6-8H,5H2,1-4H3. The normalized spacial score (nSPS) is 10.7. The molecule has 0 radical (unpaired) electrons. The third-order valence-corrected chi connectivity index (χ3v) is 3.18. The van der Waals surface area contributed by atoms with Crippen molar-refractivity contribution in [3.63, 3.8) is 0 Å². The number of methoxy groups -OCH3 is 1. The van der Waals surface area contributed by atoms with E-state index in [0.717, 1.165) is 23.4 Å². The first-order valence-electron chi connectivity index (χ1n) is 5.85. The Kier molecular flexibility index (Phi) is 3.23. The van der Waals surface area contributed by atoms with Gasteiger partial charge < -0.3 is 9.30 Å². The van der Waals surface area contributed by atoms with Crippen LogP contribution in [0.1, 0.15) is 23.1 Å². The molecule has 2 rings (SSSR count). The van der Waals surface area contributed by atoms with Gasteiger partial charge in [0.05, 0.1) is 12.8 Å². The molecule has 5 nitrogen and oxygen atoms in total. The summed E-state index contributed by atoms with van der Waals surface area (Å²) >= 11 is 0. The summed E-state index contributed by atoms with van der Waals surface area (Å²) in [4.78, 5) is 11.7. The predicted octanol–water partition coefficient (Wildman–Crippen LogP) is 1.77. The number of ether oxygens (including phenoxy) is 1. The quantitative estimate of drug-likeness (QED) is 0.777. The minimum Gasteiger partial charge on any atom is -0.464 e. The maximum atomic E-state index is 11.7. The molecular formula is C13H17N3O2. The van der Waals surface area contributed by atoms with Crippen molar-refractivity contribution in [2.24, 2.45) is 14.1 Å². The van der Waals surface area contributed by atoms with Gasteiger partial charge in [0.15, 0.2) is 0 Å². The zero-order valence-electron chi connectivity index (χ0n) is 11.1. The molecule has 0 aliphatic heterocycles.